The lowest BCUT2D eigenvalue weighted by Gasteiger charge is -2.34. The maximum Gasteiger partial charge on any atom is 0.257 e. The molecule has 1 aromatic rings. The van der Waals surface area contributed by atoms with Crippen molar-refractivity contribution in [2.75, 3.05) is 33.4 Å². The number of nitrogens with zero attached hydrogens (tertiary/aromatic N) is 4. The summed E-state index contributed by atoms with van der Waals surface area (Å²) in [5.41, 5.74) is 1.18. The highest BCUT2D eigenvalue weighted by Crippen LogP contribution is 2.29. The Hall–Kier alpha value is -2.02. The molecule has 2 rings (SSSR count). The van der Waals surface area contributed by atoms with Crippen LogP contribution in [-0.2, 0) is 9.53 Å². The van der Waals surface area contributed by atoms with Crippen molar-refractivity contribution >= 4 is 11.8 Å². The molecule has 1 aromatic heterocycles. The van der Waals surface area contributed by atoms with Gasteiger partial charge in [-0.3, -0.25) is 9.59 Å². The highest BCUT2D eigenvalue weighted by atomic mass is 16.5. The Bertz CT molecular complexity index is 616. The number of piperidine rings is 1. The molecule has 1 aliphatic heterocycles. The largest absolute Gasteiger partial charge is 0.375 e. The van der Waals surface area contributed by atoms with E-state index in [0.29, 0.717) is 36.7 Å². The summed E-state index contributed by atoms with van der Waals surface area (Å²) in [6.07, 6.45) is 4.44. The first-order valence-electron chi connectivity index (χ1n) is 8.94. The summed E-state index contributed by atoms with van der Waals surface area (Å²) in [5, 5.41) is 0. The van der Waals surface area contributed by atoms with Gasteiger partial charge in [-0.2, -0.15) is 0 Å². The minimum atomic E-state index is -0.146. The Kier molecular flexibility index (Phi) is 6.87. The van der Waals surface area contributed by atoms with Gasteiger partial charge in [-0.25, -0.2) is 9.97 Å². The van der Waals surface area contributed by atoms with E-state index in [1.54, 1.807) is 16.0 Å². The third kappa shape index (κ3) is 4.34. The predicted molar refractivity (Wildman–Crippen MR) is 94.2 cm³/mol. The van der Waals surface area contributed by atoms with Gasteiger partial charge in [0.2, 0.25) is 5.91 Å². The second-order valence-electron chi connectivity index (χ2n) is 6.24. The molecule has 0 spiro atoms. The molecule has 0 saturated carbocycles. The quantitative estimate of drug-likeness (QED) is 0.785. The normalized spacial score (nSPS) is 17.4. The number of amides is 2. The van der Waals surface area contributed by atoms with E-state index in [9.17, 15) is 9.59 Å². The Morgan fingerprint density at radius 3 is 2.64 bits per heavy atom. The zero-order chi connectivity index (χ0) is 18.4. The third-order valence-corrected chi connectivity index (χ3v) is 4.67. The highest BCUT2D eigenvalue weighted by molar-refractivity contribution is 5.94. The molecule has 1 fully saturated rings. The van der Waals surface area contributed by atoms with E-state index in [1.807, 2.05) is 20.8 Å². The minimum absolute atomic E-state index is 0.0447. The first-order chi connectivity index (χ1) is 12.0. The monoisotopic (exact) mass is 348 g/mol. The van der Waals surface area contributed by atoms with E-state index in [4.69, 9.17) is 4.74 Å². The number of aryl methyl sites for hydroxylation is 1. The maximum atomic E-state index is 12.5. The molecule has 25 heavy (non-hydrogen) atoms. The zero-order valence-corrected chi connectivity index (χ0v) is 15.6. The molecule has 0 bridgehead atoms. The molecule has 0 N–H and O–H groups in total. The molecule has 0 radical (unpaired) electrons. The van der Waals surface area contributed by atoms with Gasteiger partial charge in [0.05, 0.1) is 17.3 Å². The second kappa shape index (κ2) is 8.89. The Labute approximate surface area is 149 Å². The van der Waals surface area contributed by atoms with Crippen LogP contribution in [0.5, 0.6) is 0 Å². The van der Waals surface area contributed by atoms with Gasteiger partial charge in [0.25, 0.3) is 5.91 Å². The zero-order valence-electron chi connectivity index (χ0n) is 15.6. The Morgan fingerprint density at radius 2 is 2.04 bits per heavy atom. The number of carbonyl (C=O) groups excluding carboxylic acids is 2. The fraction of sp³-hybridized carbons (Fsp3) is 0.667. The summed E-state index contributed by atoms with van der Waals surface area (Å²) >= 11 is 0. The molecule has 1 saturated heterocycles. The summed E-state index contributed by atoms with van der Waals surface area (Å²) in [7, 11) is 1.52. The maximum absolute atomic E-state index is 12.5. The van der Waals surface area contributed by atoms with E-state index in [2.05, 4.69) is 9.97 Å². The third-order valence-electron chi connectivity index (χ3n) is 4.67. The van der Waals surface area contributed by atoms with Gasteiger partial charge in [-0.1, -0.05) is 0 Å². The summed E-state index contributed by atoms with van der Waals surface area (Å²) in [6, 6.07) is -0.146. The number of carbonyl (C=O) groups is 2. The van der Waals surface area contributed by atoms with E-state index in [1.165, 1.54) is 7.11 Å². The van der Waals surface area contributed by atoms with Crippen molar-refractivity contribution in [2.24, 2.45) is 0 Å². The van der Waals surface area contributed by atoms with Crippen molar-refractivity contribution in [1.29, 1.82) is 0 Å². The lowest BCUT2D eigenvalue weighted by Crippen LogP contribution is -2.41. The van der Waals surface area contributed by atoms with Crippen LogP contribution in [0.1, 0.15) is 61.0 Å². The molecule has 1 unspecified atom stereocenters. The highest BCUT2D eigenvalue weighted by Gasteiger charge is 2.30. The molecule has 1 aliphatic rings. The lowest BCUT2D eigenvalue weighted by molar-refractivity contribution is -0.139. The number of hydrogen-bond donors (Lipinski definition) is 0. The van der Waals surface area contributed by atoms with Gasteiger partial charge in [-0.15, -0.1) is 0 Å². The standard InChI is InChI=1S/C18H28N4O3/c1-5-21(6-2)18(24)14-11-19-17(20-13(14)3)15-9-7-8-10-22(15)16(23)12-25-4/h11,15H,5-10,12H2,1-4H3. The van der Waals surface area contributed by atoms with Gasteiger partial charge < -0.3 is 14.5 Å². The number of ether oxygens (including phenoxy) is 1. The predicted octanol–water partition coefficient (Wildman–Crippen LogP) is 1.97. The summed E-state index contributed by atoms with van der Waals surface area (Å²) < 4.78 is 4.98. The van der Waals surface area contributed by atoms with Crippen LogP contribution >= 0.6 is 0 Å². The molecule has 0 aromatic carbocycles. The molecule has 138 valence electrons. The van der Waals surface area contributed by atoms with Crippen LogP contribution in [-0.4, -0.2) is 64.9 Å². The average Bonchev–Trinajstić information content (AvgIpc) is 2.62. The smallest absolute Gasteiger partial charge is 0.257 e. The van der Waals surface area contributed by atoms with Crippen molar-refractivity contribution in [1.82, 2.24) is 19.8 Å². The van der Waals surface area contributed by atoms with Crippen LogP contribution < -0.4 is 0 Å². The Morgan fingerprint density at radius 1 is 1.32 bits per heavy atom. The van der Waals surface area contributed by atoms with Gasteiger partial charge in [0, 0.05) is 32.9 Å². The molecule has 0 aliphatic carbocycles. The number of aromatic nitrogens is 2. The van der Waals surface area contributed by atoms with E-state index < -0.39 is 0 Å². The first-order valence-corrected chi connectivity index (χ1v) is 8.94. The van der Waals surface area contributed by atoms with Gasteiger partial charge >= 0.3 is 0 Å². The first kappa shape index (κ1) is 19.3. The summed E-state index contributed by atoms with van der Waals surface area (Å²) in [4.78, 5) is 37.4. The topological polar surface area (TPSA) is 75.6 Å². The van der Waals surface area contributed by atoms with Gasteiger partial charge in [0.15, 0.2) is 5.82 Å². The van der Waals surface area contributed by atoms with Crippen LogP contribution in [0.15, 0.2) is 6.20 Å². The molecule has 2 amide bonds. The van der Waals surface area contributed by atoms with E-state index in [0.717, 1.165) is 19.3 Å². The van der Waals surface area contributed by atoms with Crippen molar-refractivity contribution in [3.05, 3.63) is 23.3 Å². The Balaban J connectivity index is 2.26. The number of likely N-dealkylation sites (tertiary alicyclic amines) is 1. The fourth-order valence-electron chi connectivity index (χ4n) is 3.24. The van der Waals surface area contributed by atoms with Crippen LogP contribution in [0, 0.1) is 6.92 Å². The van der Waals surface area contributed by atoms with Gasteiger partial charge in [-0.05, 0) is 40.0 Å². The molecule has 7 nitrogen and oxygen atoms in total. The minimum Gasteiger partial charge on any atom is -0.375 e. The number of rotatable bonds is 6. The SMILES string of the molecule is CCN(CC)C(=O)c1cnc(C2CCCCN2C(=O)COC)nc1C. The van der Waals surface area contributed by atoms with Crippen molar-refractivity contribution < 1.29 is 14.3 Å². The van der Waals surface area contributed by atoms with Crippen LogP contribution in [0.2, 0.25) is 0 Å². The van der Waals surface area contributed by atoms with E-state index >= 15 is 0 Å². The van der Waals surface area contributed by atoms with Crippen molar-refractivity contribution in [3.8, 4) is 0 Å². The lowest BCUT2D eigenvalue weighted by atomic mass is 10.0. The van der Waals surface area contributed by atoms with Gasteiger partial charge in [0.1, 0.15) is 6.61 Å². The van der Waals surface area contributed by atoms with Crippen LogP contribution in [0.3, 0.4) is 0 Å². The van der Waals surface area contributed by atoms with Crippen LogP contribution in [0.25, 0.3) is 0 Å². The van der Waals surface area contributed by atoms with Crippen LogP contribution in [0.4, 0.5) is 0 Å². The molecular weight excluding hydrogens is 320 g/mol. The second-order valence-corrected chi connectivity index (χ2v) is 6.24. The summed E-state index contributed by atoms with van der Waals surface area (Å²) in [5.74, 6) is 0.513. The molecular formula is C18H28N4O3. The van der Waals surface area contributed by atoms with Crippen molar-refractivity contribution in [2.45, 2.75) is 46.1 Å². The number of methoxy groups -OCH3 is 1. The molecule has 7 heteroatoms. The van der Waals surface area contributed by atoms with E-state index in [-0.39, 0.29) is 24.5 Å². The fourth-order valence-corrected chi connectivity index (χ4v) is 3.24. The summed E-state index contributed by atoms with van der Waals surface area (Å²) in [6.45, 7) is 7.78. The van der Waals surface area contributed by atoms with Crippen molar-refractivity contribution in [3.63, 3.8) is 0 Å². The average molecular weight is 348 g/mol. The molecule has 1 atom stereocenters. The molecule has 2 heterocycles. The number of hydrogen-bond acceptors (Lipinski definition) is 5.